The Morgan fingerprint density at radius 3 is 2.59 bits per heavy atom. The Bertz CT molecular complexity index is 652. The van der Waals surface area contributed by atoms with Crippen LogP contribution >= 0.6 is 23.2 Å². The number of aliphatic hydroxyl groups is 5. The average Bonchev–Trinajstić information content (AvgIpc) is 2.88. The number of hydrogen-bond acceptors (Lipinski definition) is 8. The molecule has 0 bridgehead atoms. The van der Waals surface area contributed by atoms with Gasteiger partial charge in [0.25, 0.3) is 0 Å². The Kier molecular flexibility index (Phi) is 6.97. The molecule has 2 saturated heterocycles. The summed E-state index contributed by atoms with van der Waals surface area (Å²) in [6.45, 7) is -0.359. The number of β-amino-alcohol motifs (C(OH)–C–C–N with tert-alkyl or cyclic N) is 2. The van der Waals surface area contributed by atoms with Crippen LogP contribution in [-0.2, 0) is 9.47 Å². The molecule has 1 aromatic rings. The highest BCUT2D eigenvalue weighted by Gasteiger charge is 2.43. The standard InChI is InChI=1S/C17H23Cl2NO7/c18-8-1-2-9(10(19)3-8)17-26-7-14(24)16(27-17)13(23)5-20-4-12(22)15(25)11(20)6-21/h1-3,11-17,21-25H,4-7H2/t11-,12-,13-,14-,15-,16-,17?/m1/s1. The Labute approximate surface area is 166 Å². The van der Waals surface area contributed by atoms with Crippen LogP contribution in [0.5, 0.6) is 0 Å². The van der Waals surface area contributed by atoms with Crippen LogP contribution in [0.2, 0.25) is 10.0 Å². The fraction of sp³-hybridized carbons (Fsp3) is 0.647. The van der Waals surface area contributed by atoms with Gasteiger partial charge in [-0.05, 0) is 12.1 Å². The van der Waals surface area contributed by atoms with Crippen LogP contribution in [0.25, 0.3) is 0 Å². The summed E-state index contributed by atoms with van der Waals surface area (Å²) in [5, 5.41) is 50.7. The van der Waals surface area contributed by atoms with E-state index in [1.165, 1.54) is 0 Å². The molecule has 10 heteroatoms. The van der Waals surface area contributed by atoms with Crippen molar-refractivity contribution < 1.29 is 35.0 Å². The molecule has 7 atom stereocenters. The molecule has 0 spiro atoms. The van der Waals surface area contributed by atoms with E-state index in [-0.39, 0.29) is 26.3 Å². The lowest BCUT2D eigenvalue weighted by Gasteiger charge is -2.38. The molecule has 1 unspecified atom stereocenters. The van der Waals surface area contributed by atoms with Crippen LogP contribution in [0.3, 0.4) is 0 Å². The summed E-state index contributed by atoms with van der Waals surface area (Å²) in [6.07, 6.45) is -6.22. The van der Waals surface area contributed by atoms with E-state index >= 15 is 0 Å². The van der Waals surface area contributed by atoms with E-state index in [2.05, 4.69) is 0 Å². The first-order chi connectivity index (χ1) is 12.8. The lowest BCUT2D eigenvalue weighted by atomic mass is 10.1. The van der Waals surface area contributed by atoms with Crippen molar-refractivity contribution in [3.63, 3.8) is 0 Å². The minimum absolute atomic E-state index is 0.0118. The number of nitrogens with zero attached hydrogens (tertiary/aromatic N) is 1. The van der Waals surface area contributed by atoms with Gasteiger partial charge in [-0.25, -0.2) is 0 Å². The van der Waals surface area contributed by atoms with Gasteiger partial charge in [-0.3, -0.25) is 4.90 Å². The zero-order valence-corrected chi connectivity index (χ0v) is 15.9. The molecule has 5 N–H and O–H groups in total. The Morgan fingerprint density at radius 2 is 1.93 bits per heavy atom. The van der Waals surface area contributed by atoms with Gasteiger partial charge in [-0.15, -0.1) is 0 Å². The number of rotatable bonds is 5. The molecule has 27 heavy (non-hydrogen) atoms. The van der Waals surface area contributed by atoms with Gasteiger partial charge in [0, 0.05) is 23.7 Å². The summed E-state index contributed by atoms with van der Waals surface area (Å²) >= 11 is 12.1. The maximum absolute atomic E-state index is 10.6. The fourth-order valence-electron chi connectivity index (χ4n) is 3.49. The summed E-state index contributed by atoms with van der Waals surface area (Å²) in [7, 11) is 0. The van der Waals surface area contributed by atoms with Crippen molar-refractivity contribution in [3.8, 4) is 0 Å². The predicted molar refractivity (Wildman–Crippen MR) is 96.5 cm³/mol. The van der Waals surface area contributed by atoms with Gasteiger partial charge in [0.15, 0.2) is 6.29 Å². The topological polar surface area (TPSA) is 123 Å². The molecule has 3 rings (SSSR count). The van der Waals surface area contributed by atoms with Crippen LogP contribution < -0.4 is 0 Å². The molecule has 0 aromatic heterocycles. The van der Waals surface area contributed by atoms with Gasteiger partial charge in [0.2, 0.25) is 0 Å². The largest absolute Gasteiger partial charge is 0.395 e. The van der Waals surface area contributed by atoms with Crippen molar-refractivity contribution in [2.75, 3.05) is 26.3 Å². The van der Waals surface area contributed by atoms with E-state index < -0.39 is 42.9 Å². The van der Waals surface area contributed by atoms with Gasteiger partial charge in [0.05, 0.1) is 42.6 Å². The van der Waals surface area contributed by atoms with Crippen molar-refractivity contribution in [3.05, 3.63) is 33.8 Å². The van der Waals surface area contributed by atoms with E-state index in [9.17, 15) is 25.5 Å². The molecule has 0 amide bonds. The minimum Gasteiger partial charge on any atom is -0.395 e. The summed E-state index contributed by atoms with van der Waals surface area (Å²) in [5.74, 6) is 0. The Morgan fingerprint density at radius 1 is 1.19 bits per heavy atom. The van der Waals surface area contributed by atoms with Crippen molar-refractivity contribution in [2.45, 2.75) is 42.9 Å². The highest BCUT2D eigenvalue weighted by atomic mass is 35.5. The van der Waals surface area contributed by atoms with E-state index in [4.69, 9.17) is 32.7 Å². The maximum Gasteiger partial charge on any atom is 0.185 e. The first-order valence-electron chi connectivity index (χ1n) is 8.61. The van der Waals surface area contributed by atoms with E-state index in [0.717, 1.165) is 0 Å². The third-order valence-electron chi connectivity index (χ3n) is 4.96. The molecule has 2 aliphatic rings. The zero-order valence-electron chi connectivity index (χ0n) is 14.4. The zero-order chi connectivity index (χ0) is 19.7. The summed E-state index contributed by atoms with van der Waals surface area (Å²) < 4.78 is 11.2. The second-order valence-corrected chi connectivity index (χ2v) is 7.67. The van der Waals surface area contributed by atoms with Gasteiger partial charge >= 0.3 is 0 Å². The Balaban J connectivity index is 1.69. The highest BCUT2D eigenvalue weighted by Crippen LogP contribution is 2.34. The van der Waals surface area contributed by atoms with E-state index in [0.29, 0.717) is 15.6 Å². The van der Waals surface area contributed by atoms with Gasteiger partial charge in [-0.2, -0.15) is 0 Å². The number of halogens is 2. The SMILES string of the molecule is OC[C@@H]1[C@@H](O)[C@H](O)CN1C[C@@H](O)[C@H]1OC(c2ccc(Cl)cc2Cl)OC[C@H]1O. The van der Waals surface area contributed by atoms with Crippen LogP contribution in [0.1, 0.15) is 11.9 Å². The number of benzene rings is 1. The average molecular weight is 424 g/mol. The molecule has 0 radical (unpaired) electrons. The number of likely N-dealkylation sites (tertiary alicyclic amines) is 1. The van der Waals surface area contributed by atoms with Gasteiger partial charge < -0.3 is 35.0 Å². The van der Waals surface area contributed by atoms with Crippen molar-refractivity contribution in [1.82, 2.24) is 4.90 Å². The fourth-order valence-corrected chi connectivity index (χ4v) is 3.99. The quantitative estimate of drug-likeness (QED) is 0.430. The number of aliphatic hydroxyl groups excluding tert-OH is 5. The summed E-state index contributed by atoms with van der Waals surface area (Å²) in [5.41, 5.74) is 0.519. The van der Waals surface area contributed by atoms with Crippen LogP contribution in [-0.4, -0.2) is 93.3 Å². The van der Waals surface area contributed by atoms with E-state index in [1.807, 2.05) is 0 Å². The molecule has 8 nitrogen and oxygen atoms in total. The molecule has 152 valence electrons. The second-order valence-electron chi connectivity index (χ2n) is 6.83. The lowest BCUT2D eigenvalue weighted by Crippen LogP contribution is -2.52. The molecule has 2 aliphatic heterocycles. The molecule has 1 aromatic carbocycles. The lowest BCUT2D eigenvalue weighted by molar-refractivity contribution is -0.276. The van der Waals surface area contributed by atoms with Gasteiger partial charge in [0.1, 0.15) is 12.2 Å². The predicted octanol–water partition coefficient (Wildman–Crippen LogP) is -0.472. The first-order valence-corrected chi connectivity index (χ1v) is 9.36. The third kappa shape index (κ3) is 4.56. The monoisotopic (exact) mass is 423 g/mol. The second kappa shape index (κ2) is 8.87. The minimum atomic E-state index is -1.15. The first kappa shape index (κ1) is 21.2. The van der Waals surface area contributed by atoms with Gasteiger partial charge in [-0.1, -0.05) is 29.3 Å². The van der Waals surface area contributed by atoms with Crippen LogP contribution in [0.4, 0.5) is 0 Å². The van der Waals surface area contributed by atoms with E-state index in [1.54, 1.807) is 23.1 Å². The normalized spacial score (nSPS) is 36.1. The molecule has 2 fully saturated rings. The van der Waals surface area contributed by atoms with Crippen LogP contribution in [0, 0.1) is 0 Å². The number of ether oxygens (including phenoxy) is 2. The smallest absolute Gasteiger partial charge is 0.185 e. The maximum atomic E-state index is 10.6. The van der Waals surface area contributed by atoms with Crippen LogP contribution in [0.15, 0.2) is 18.2 Å². The molecular formula is C17H23Cl2NO7. The van der Waals surface area contributed by atoms with Crippen molar-refractivity contribution in [2.24, 2.45) is 0 Å². The van der Waals surface area contributed by atoms with Crippen molar-refractivity contribution in [1.29, 1.82) is 0 Å². The molecule has 0 aliphatic carbocycles. The molecular weight excluding hydrogens is 401 g/mol. The molecule has 0 saturated carbocycles. The number of hydrogen-bond donors (Lipinski definition) is 5. The summed E-state index contributed by atoms with van der Waals surface area (Å²) in [6, 6.07) is 4.12. The van der Waals surface area contributed by atoms with Crippen molar-refractivity contribution >= 4 is 23.2 Å². The highest BCUT2D eigenvalue weighted by molar-refractivity contribution is 6.35. The summed E-state index contributed by atoms with van der Waals surface area (Å²) in [4.78, 5) is 1.57. The molecule has 2 heterocycles. The third-order valence-corrected chi connectivity index (χ3v) is 5.52. The Hall–Kier alpha value is -0.520.